The first-order valence-electron chi connectivity index (χ1n) is 10.2. The molecule has 0 radical (unpaired) electrons. The summed E-state index contributed by atoms with van der Waals surface area (Å²) < 4.78 is 5.44. The summed E-state index contributed by atoms with van der Waals surface area (Å²) in [6.07, 6.45) is 0.827. The number of rotatable bonds is 7. The highest BCUT2D eigenvalue weighted by atomic mass is 127. The highest BCUT2D eigenvalue weighted by Crippen LogP contribution is 2.19. The smallest absolute Gasteiger partial charge is 0.251 e. The van der Waals surface area contributed by atoms with Crippen molar-refractivity contribution in [3.05, 3.63) is 64.7 Å². The summed E-state index contributed by atoms with van der Waals surface area (Å²) in [5, 5.41) is 9.62. The minimum Gasteiger partial charge on any atom is -0.496 e. The molecule has 0 aliphatic rings. The SMILES string of the molecule is CN=C(NCCc1cc(C)ccc1OC)NCc1cccc(C(=O)NC(C)(C)C)c1.I. The maximum absolute atomic E-state index is 12.4. The van der Waals surface area contributed by atoms with Gasteiger partial charge in [0, 0.05) is 31.2 Å². The predicted octanol–water partition coefficient (Wildman–Crippen LogP) is 4.06. The van der Waals surface area contributed by atoms with E-state index in [-0.39, 0.29) is 35.4 Å². The Morgan fingerprint density at radius 3 is 2.48 bits per heavy atom. The first-order valence-corrected chi connectivity index (χ1v) is 10.2. The molecule has 0 aliphatic heterocycles. The fourth-order valence-electron chi connectivity index (χ4n) is 3.06. The summed E-state index contributed by atoms with van der Waals surface area (Å²) in [6.45, 7) is 9.29. The maximum Gasteiger partial charge on any atom is 0.251 e. The molecule has 2 aromatic carbocycles. The number of benzene rings is 2. The zero-order chi connectivity index (χ0) is 22.1. The van der Waals surface area contributed by atoms with Crippen molar-refractivity contribution in [1.29, 1.82) is 0 Å². The fraction of sp³-hybridized carbons (Fsp3) is 0.417. The monoisotopic (exact) mass is 538 g/mol. The summed E-state index contributed by atoms with van der Waals surface area (Å²) in [6, 6.07) is 13.8. The second kappa shape index (κ2) is 12.5. The average molecular weight is 538 g/mol. The molecule has 0 heterocycles. The quantitative estimate of drug-likeness (QED) is 0.283. The predicted molar refractivity (Wildman–Crippen MR) is 139 cm³/mol. The van der Waals surface area contributed by atoms with Crippen LogP contribution in [0.25, 0.3) is 0 Å². The maximum atomic E-state index is 12.4. The van der Waals surface area contributed by atoms with Crippen molar-refractivity contribution in [2.75, 3.05) is 20.7 Å². The Hall–Kier alpha value is -2.29. The van der Waals surface area contributed by atoms with Crippen LogP contribution in [0.1, 0.15) is 47.8 Å². The zero-order valence-electron chi connectivity index (χ0n) is 19.3. The lowest BCUT2D eigenvalue weighted by molar-refractivity contribution is 0.0919. The van der Waals surface area contributed by atoms with E-state index in [0.29, 0.717) is 18.1 Å². The first kappa shape index (κ1) is 26.7. The average Bonchev–Trinajstić information content (AvgIpc) is 2.69. The number of hydrogen-bond acceptors (Lipinski definition) is 3. The molecule has 0 bridgehead atoms. The van der Waals surface area contributed by atoms with Gasteiger partial charge in [-0.2, -0.15) is 0 Å². The van der Waals surface area contributed by atoms with Crippen molar-refractivity contribution in [2.24, 2.45) is 4.99 Å². The largest absolute Gasteiger partial charge is 0.496 e. The second-order valence-electron chi connectivity index (χ2n) is 8.32. The van der Waals surface area contributed by atoms with Crippen molar-refractivity contribution in [3.8, 4) is 5.75 Å². The van der Waals surface area contributed by atoms with Gasteiger partial charge >= 0.3 is 0 Å². The van der Waals surface area contributed by atoms with E-state index in [1.165, 1.54) is 5.56 Å². The number of nitrogens with one attached hydrogen (secondary N) is 3. The standard InChI is InChI=1S/C24H34N4O2.HI/c1-17-10-11-21(30-6)19(14-17)12-13-26-23(25-5)27-16-18-8-7-9-20(15-18)22(29)28-24(2,3)4;/h7-11,14-15H,12-13,16H2,1-6H3,(H,28,29)(H2,25,26,27);1H. The molecule has 2 aromatic rings. The fourth-order valence-corrected chi connectivity index (χ4v) is 3.06. The molecule has 0 saturated carbocycles. The van der Waals surface area contributed by atoms with Gasteiger partial charge in [-0.05, 0) is 63.4 Å². The molecule has 1 amide bonds. The Balaban J connectivity index is 0.00000480. The van der Waals surface area contributed by atoms with Crippen LogP contribution in [-0.4, -0.2) is 38.1 Å². The van der Waals surface area contributed by atoms with E-state index in [1.54, 1.807) is 14.2 Å². The van der Waals surface area contributed by atoms with E-state index in [9.17, 15) is 4.79 Å². The second-order valence-corrected chi connectivity index (χ2v) is 8.32. The molecular weight excluding hydrogens is 503 g/mol. The summed E-state index contributed by atoms with van der Waals surface area (Å²) in [5.74, 6) is 1.54. The number of hydrogen-bond donors (Lipinski definition) is 3. The number of ether oxygens (including phenoxy) is 1. The van der Waals surface area contributed by atoms with E-state index in [4.69, 9.17) is 4.74 Å². The number of aryl methyl sites for hydroxylation is 1. The van der Waals surface area contributed by atoms with Crippen LogP contribution in [-0.2, 0) is 13.0 Å². The van der Waals surface area contributed by atoms with E-state index < -0.39 is 0 Å². The van der Waals surface area contributed by atoms with Crippen molar-refractivity contribution < 1.29 is 9.53 Å². The van der Waals surface area contributed by atoms with Crippen molar-refractivity contribution in [1.82, 2.24) is 16.0 Å². The van der Waals surface area contributed by atoms with E-state index in [2.05, 4.69) is 33.9 Å². The van der Waals surface area contributed by atoms with Crippen molar-refractivity contribution in [3.63, 3.8) is 0 Å². The van der Waals surface area contributed by atoms with Gasteiger partial charge < -0.3 is 20.7 Å². The summed E-state index contributed by atoms with van der Waals surface area (Å²) in [7, 11) is 3.44. The Morgan fingerprint density at radius 1 is 1.10 bits per heavy atom. The van der Waals surface area contributed by atoms with Crippen molar-refractivity contribution in [2.45, 2.75) is 46.2 Å². The van der Waals surface area contributed by atoms with Gasteiger partial charge in [0.05, 0.1) is 7.11 Å². The third-order valence-electron chi connectivity index (χ3n) is 4.48. The van der Waals surface area contributed by atoms with E-state index in [0.717, 1.165) is 29.8 Å². The van der Waals surface area contributed by atoms with Gasteiger partial charge in [0.1, 0.15) is 5.75 Å². The van der Waals surface area contributed by atoms with Crippen LogP contribution in [0, 0.1) is 6.92 Å². The molecule has 7 heteroatoms. The van der Waals surface area contributed by atoms with Gasteiger partial charge in [-0.1, -0.05) is 29.8 Å². The Kier molecular flexibility index (Phi) is 10.8. The number of guanidine groups is 1. The molecule has 0 atom stereocenters. The van der Waals surface area contributed by atoms with Crippen LogP contribution < -0.4 is 20.7 Å². The third kappa shape index (κ3) is 9.16. The Bertz CT molecular complexity index is 891. The molecule has 6 nitrogen and oxygen atoms in total. The summed E-state index contributed by atoms with van der Waals surface area (Å²) in [5.41, 5.74) is 3.78. The topological polar surface area (TPSA) is 74.8 Å². The number of halogens is 1. The van der Waals surface area contributed by atoms with Crippen molar-refractivity contribution >= 4 is 35.8 Å². The lowest BCUT2D eigenvalue weighted by Gasteiger charge is -2.20. The third-order valence-corrected chi connectivity index (χ3v) is 4.48. The van der Waals surface area contributed by atoms with Gasteiger partial charge in [-0.15, -0.1) is 24.0 Å². The molecule has 3 N–H and O–H groups in total. The number of aliphatic imine (C=N–C) groups is 1. The highest BCUT2D eigenvalue weighted by molar-refractivity contribution is 14.0. The van der Waals surface area contributed by atoms with Gasteiger partial charge in [0.25, 0.3) is 5.91 Å². The summed E-state index contributed by atoms with van der Waals surface area (Å²) >= 11 is 0. The number of carbonyl (C=O) groups is 1. The van der Waals surface area contributed by atoms with Crippen LogP contribution in [0.4, 0.5) is 0 Å². The minimum atomic E-state index is -0.267. The lowest BCUT2D eigenvalue weighted by Crippen LogP contribution is -2.40. The molecule has 0 saturated heterocycles. The molecule has 0 spiro atoms. The molecule has 2 rings (SSSR count). The van der Waals surface area contributed by atoms with Gasteiger partial charge in [0.2, 0.25) is 0 Å². The number of nitrogens with zero attached hydrogens (tertiary/aromatic N) is 1. The molecular formula is C24H35IN4O2. The first-order chi connectivity index (χ1) is 14.2. The number of carbonyl (C=O) groups excluding carboxylic acids is 1. The Labute approximate surface area is 203 Å². The molecule has 0 fully saturated rings. The van der Waals surface area contributed by atoms with Crippen LogP contribution in [0.2, 0.25) is 0 Å². The lowest BCUT2D eigenvalue weighted by atomic mass is 10.1. The number of amides is 1. The van der Waals surface area contributed by atoms with E-state index >= 15 is 0 Å². The molecule has 31 heavy (non-hydrogen) atoms. The summed E-state index contributed by atoms with van der Waals surface area (Å²) in [4.78, 5) is 16.7. The molecule has 170 valence electrons. The molecule has 0 aromatic heterocycles. The van der Waals surface area contributed by atoms with E-state index in [1.807, 2.05) is 57.2 Å². The zero-order valence-corrected chi connectivity index (χ0v) is 21.7. The van der Waals surface area contributed by atoms with Gasteiger partial charge in [-0.25, -0.2) is 0 Å². The minimum absolute atomic E-state index is 0. The van der Waals surface area contributed by atoms with Crippen LogP contribution in [0.5, 0.6) is 5.75 Å². The highest BCUT2D eigenvalue weighted by Gasteiger charge is 2.15. The van der Waals surface area contributed by atoms with Crippen LogP contribution in [0.3, 0.4) is 0 Å². The Morgan fingerprint density at radius 2 is 1.84 bits per heavy atom. The van der Waals surface area contributed by atoms with Gasteiger partial charge in [-0.3, -0.25) is 9.79 Å². The molecule has 0 unspecified atom stereocenters. The number of methoxy groups -OCH3 is 1. The van der Waals surface area contributed by atoms with Crippen LogP contribution >= 0.6 is 24.0 Å². The normalized spacial score (nSPS) is 11.4. The van der Waals surface area contributed by atoms with Crippen LogP contribution in [0.15, 0.2) is 47.5 Å². The molecule has 0 aliphatic carbocycles. The van der Waals surface area contributed by atoms with Gasteiger partial charge in [0.15, 0.2) is 5.96 Å².